The molecule has 2 heterocycles. The van der Waals surface area contributed by atoms with Crippen molar-refractivity contribution in [2.24, 2.45) is 5.92 Å². The first-order valence-electron chi connectivity index (χ1n) is 6.85. The van der Waals surface area contributed by atoms with Crippen molar-refractivity contribution in [3.8, 4) is 0 Å². The Balaban J connectivity index is 0.00000144. The van der Waals surface area contributed by atoms with E-state index in [1.165, 1.54) is 51.7 Å². The van der Waals surface area contributed by atoms with Gasteiger partial charge in [0.1, 0.15) is 0 Å². The minimum atomic E-state index is 0. The van der Waals surface area contributed by atoms with Crippen molar-refractivity contribution >= 4 is 12.4 Å². The van der Waals surface area contributed by atoms with Gasteiger partial charge in [-0.25, -0.2) is 0 Å². The fourth-order valence-corrected chi connectivity index (χ4v) is 2.95. The van der Waals surface area contributed by atoms with Crippen molar-refractivity contribution in [3.05, 3.63) is 0 Å². The van der Waals surface area contributed by atoms with Crippen molar-refractivity contribution in [1.82, 2.24) is 10.2 Å². The van der Waals surface area contributed by atoms with Crippen LogP contribution in [0.3, 0.4) is 0 Å². The molecule has 2 aliphatic rings. The molecule has 2 fully saturated rings. The summed E-state index contributed by atoms with van der Waals surface area (Å²) in [5, 5.41) is 3.48. The van der Waals surface area contributed by atoms with Gasteiger partial charge >= 0.3 is 0 Å². The summed E-state index contributed by atoms with van der Waals surface area (Å²) in [7, 11) is 2.30. The van der Waals surface area contributed by atoms with E-state index in [-0.39, 0.29) is 12.4 Å². The standard InChI is InChI=1S/C13H26N2O.ClH/c1-15(10-12-4-3-9-16-11-12)13-5-2-7-14-8-6-13;/h12-14H,2-11H2,1H3;1H. The van der Waals surface area contributed by atoms with E-state index in [1.807, 2.05) is 0 Å². The number of hydrogen-bond acceptors (Lipinski definition) is 3. The van der Waals surface area contributed by atoms with Crippen LogP contribution in [0.4, 0.5) is 0 Å². The van der Waals surface area contributed by atoms with Gasteiger partial charge in [0, 0.05) is 19.2 Å². The van der Waals surface area contributed by atoms with Crippen LogP contribution in [0.25, 0.3) is 0 Å². The smallest absolute Gasteiger partial charge is 0.0506 e. The summed E-state index contributed by atoms with van der Waals surface area (Å²) in [6, 6.07) is 0.789. The first-order chi connectivity index (χ1) is 7.86. The van der Waals surface area contributed by atoms with Crippen molar-refractivity contribution in [2.45, 2.75) is 38.1 Å². The van der Waals surface area contributed by atoms with E-state index in [2.05, 4.69) is 17.3 Å². The summed E-state index contributed by atoms with van der Waals surface area (Å²) in [6.07, 6.45) is 6.61. The largest absolute Gasteiger partial charge is 0.381 e. The van der Waals surface area contributed by atoms with Crippen LogP contribution in [0.1, 0.15) is 32.1 Å². The maximum Gasteiger partial charge on any atom is 0.0506 e. The zero-order valence-corrected chi connectivity index (χ0v) is 11.8. The van der Waals surface area contributed by atoms with Gasteiger partial charge in [-0.1, -0.05) is 0 Å². The highest BCUT2D eigenvalue weighted by Gasteiger charge is 2.21. The third-order valence-corrected chi connectivity index (χ3v) is 3.97. The third-order valence-electron chi connectivity index (χ3n) is 3.97. The van der Waals surface area contributed by atoms with Gasteiger partial charge in [0.15, 0.2) is 0 Å². The molecule has 0 amide bonds. The zero-order valence-electron chi connectivity index (χ0n) is 11.0. The average Bonchev–Trinajstić information content (AvgIpc) is 2.59. The number of nitrogens with one attached hydrogen (secondary N) is 1. The molecule has 2 rings (SSSR count). The van der Waals surface area contributed by atoms with Crippen LogP contribution in [0, 0.1) is 5.92 Å². The fourth-order valence-electron chi connectivity index (χ4n) is 2.95. The molecule has 4 heteroatoms. The summed E-state index contributed by atoms with van der Waals surface area (Å²) in [5.41, 5.74) is 0. The van der Waals surface area contributed by atoms with Crippen molar-refractivity contribution in [3.63, 3.8) is 0 Å². The lowest BCUT2D eigenvalue weighted by molar-refractivity contribution is 0.0352. The van der Waals surface area contributed by atoms with Crippen LogP contribution in [-0.2, 0) is 4.74 Å². The predicted octanol–water partition coefficient (Wildman–Crippen LogP) is 1.91. The Hall–Kier alpha value is 0.170. The van der Waals surface area contributed by atoms with Gasteiger partial charge < -0.3 is 15.0 Å². The second kappa shape index (κ2) is 8.30. The lowest BCUT2D eigenvalue weighted by Crippen LogP contribution is -2.38. The second-order valence-corrected chi connectivity index (χ2v) is 5.36. The zero-order chi connectivity index (χ0) is 11.2. The Labute approximate surface area is 112 Å². The molecule has 0 aromatic heterocycles. The molecule has 17 heavy (non-hydrogen) atoms. The molecule has 2 aliphatic heterocycles. The molecule has 0 bridgehead atoms. The minimum Gasteiger partial charge on any atom is -0.381 e. The summed E-state index contributed by atoms with van der Waals surface area (Å²) < 4.78 is 5.56. The molecule has 3 nitrogen and oxygen atoms in total. The molecule has 0 spiro atoms. The number of rotatable bonds is 3. The SMILES string of the molecule is CN(CC1CCCOC1)C1CCCNCC1.Cl. The molecular formula is C13H27ClN2O. The Morgan fingerprint density at radius 2 is 2.06 bits per heavy atom. The van der Waals surface area contributed by atoms with Crippen molar-refractivity contribution in [2.75, 3.05) is 39.9 Å². The number of hydrogen-bond donors (Lipinski definition) is 1. The predicted molar refractivity (Wildman–Crippen MR) is 73.9 cm³/mol. The molecular weight excluding hydrogens is 236 g/mol. The normalized spacial score (nSPS) is 30.7. The number of halogens is 1. The second-order valence-electron chi connectivity index (χ2n) is 5.36. The van der Waals surface area contributed by atoms with E-state index in [0.717, 1.165) is 25.2 Å². The van der Waals surface area contributed by atoms with Crippen LogP contribution in [0.2, 0.25) is 0 Å². The summed E-state index contributed by atoms with van der Waals surface area (Å²) in [4.78, 5) is 2.58. The Morgan fingerprint density at radius 1 is 1.18 bits per heavy atom. The highest BCUT2D eigenvalue weighted by Crippen LogP contribution is 2.18. The van der Waals surface area contributed by atoms with Crippen LogP contribution in [0.5, 0.6) is 0 Å². The third kappa shape index (κ3) is 5.12. The Kier molecular flexibility index (Phi) is 7.44. The quantitative estimate of drug-likeness (QED) is 0.841. The lowest BCUT2D eigenvalue weighted by atomic mass is 10.00. The maximum absolute atomic E-state index is 5.56. The van der Waals surface area contributed by atoms with Gasteiger partial charge in [-0.15, -0.1) is 12.4 Å². The van der Waals surface area contributed by atoms with Gasteiger partial charge in [-0.05, 0) is 58.2 Å². The molecule has 2 unspecified atom stereocenters. The Bertz CT molecular complexity index is 190. The molecule has 0 radical (unpaired) electrons. The van der Waals surface area contributed by atoms with Crippen molar-refractivity contribution < 1.29 is 4.74 Å². The first kappa shape index (κ1) is 15.2. The summed E-state index contributed by atoms with van der Waals surface area (Å²) in [5.74, 6) is 0.773. The molecule has 2 saturated heterocycles. The van der Waals surface area contributed by atoms with Crippen LogP contribution in [0.15, 0.2) is 0 Å². The highest BCUT2D eigenvalue weighted by atomic mass is 35.5. The molecule has 1 N–H and O–H groups in total. The van der Waals surface area contributed by atoms with E-state index in [0.29, 0.717) is 0 Å². The highest BCUT2D eigenvalue weighted by molar-refractivity contribution is 5.85. The molecule has 0 aromatic rings. The fraction of sp³-hybridized carbons (Fsp3) is 1.00. The molecule has 102 valence electrons. The summed E-state index contributed by atoms with van der Waals surface area (Å²) >= 11 is 0. The number of nitrogens with zero attached hydrogens (tertiary/aromatic N) is 1. The van der Waals surface area contributed by atoms with E-state index in [4.69, 9.17) is 4.74 Å². The summed E-state index contributed by atoms with van der Waals surface area (Å²) in [6.45, 7) is 5.58. The van der Waals surface area contributed by atoms with Crippen LogP contribution in [-0.4, -0.2) is 50.8 Å². The van der Waals surface area contributed by atoms with Crippen molar-refractivity contribution in [1.29, 1.82) is 0 Å². The van der Waals surface area contributed by atoms with E-state index in [9.17, 15) is 0 Å². The van der Waals surface area contributed by atoms with E-state index < -0.39 is 0 Å². The molecule has 0 saturated carbocycles. The molecule has 0 aliphatic carbocycles. The molecule has 2 atom stereocenters. The van der Waals surface area contributed by atoms with Gasteiger partial charge in [0.2, 0.25) is 0 Å². The van der Waals surface area contributed by atoms with Crippen LogP contribution < -0.4 is 5.32 Å². The molecule has 0 aromatic carbocycles. The van der Waals surface area contributed by atoms with Gasteiger partial charge in [0.25, 0.3) is 0 Å². The lowest BCUT2D eigenvalue weighted by Gasteiger charge is -2.32. The topological polar surface area (TPSA) is 24.5 Å². The van der Waals surface area contributed by atoms with E-state index >= 15 is 0 Å². The minimum absolute atomic E-state index is 0. The monoisotopic (exact) mass is 262 g/mol. The van der Waals surface area contributed by atoms with Crippen LogP contribution >= 0.6 is 12.4 Å². The Morgan fingerprint density at radius 3 is 2.82 bits per heavy atom. The number of ether oxygens (including phenoxy) is 1. The van der Waals surface area contributed by atoms with Gasteiger partial charge in [-0.2, -0.15) is 0 Å². The van der Waals surface area contributed by atoms with Gasteiger partial charge in [-0.3, -0.25) is 0 Å². The average molecular weight is 263 g/mol. The van der Waals surface area contributed by atoms with Gasteiger partial charge in [0.05, 0.1) is 6.61 Å². The first-order valence-corrected chi connectivity index (χ1v) is 6.85. The maximum atomic E-state index is 5.56. The van der Waals surface area contributed by atoms with E-state index in [1.54, 1.807) is 0 Å².